The smallest absolute Gasteiger partial charge is 0.229 e. The molecule has 0 aliphatic carbocycles. The van der Waals surface area contributed by atoms with Gasteiger partial charge in [-0.25, -0.2) is 4.98 Å². The van der Waals surface area contributed by atoms with Gasteiger partial charge in [0.15, 0.2) is 5.13 Å². The summed E-state index contributed by atoms with van der Waals surface area (Å²) in [5.41, 5.74) is 1.12. The molecule has 0 radical (unpaired) electrons. The van der Waals surface area contributed by atoms with Crippen molar-refractivity contribution in [2.75, 3.05) is 18.4 Å². The van der Waals surface area contributed by atoms with Crippen molar-refractivity contribution in [3.05, 3.63) is 45.9 Å². The lowest BCUT2D eigenvalue weighted by atomic mass is 9.96. The summed E-state index contributed by atoms with van der Waals surface area (Å²) < 4.78 is 0. The van der Waals surface area contributed by atoms with Crippen molar-refractivity contribution in [1.82, 2.24) is 9.88 Å². The van der Waals surface area contributed by atoms with Gasteiger partial charge in [-0.1, -0.05) is 30.7 Å². The molecule has 1 saturated heterocycles. The van der Waals surface area contributed by atoms with Gasteiger partial charge in [0.25, 0.3) is 0 Å². The number of thiazole rings is 1. The molecule has 1 aromatic carbocycles. The summed E-state index contributed by atoms with van der Waals surface area (Å²) in [7, 11) is 0. The van der Waals surface area contributed by atoms with Crippen molar-refractivity contribution in [2.45, 2.75) is 39.0 Å². The standard InChI is InChI=1S/C20H24ClN3O2S/c1-2-4-18(25)24-9-7-15(8-10-24)19(26)23-20-22-13-17(27-20)12-14-5-3-6-16(21)11-14/h3,5-6,11,13,15H,2,4,7-10,12H2,1H3,(H,22,23,26). The molecule has 7 heteroatoms. The van der Waals surface area contributed by atoms with E-state index in [-0.39, 0.29) is 17.7 Å². The minimum absolute atomic E-state index is 0.00115. The third kappa shape index (κ3) is 5.53. The van der Waals surface area contributed by atoms with Crippen LogP contribution in [0.2, 0.25) is 5.02 Å². The van der Waals surface area contributed by atoms with Crippen LogP contribution in [-0.2, 0) is 16.0 Å². The highest BCUT2D eigenvalue weighted by Gasteiger charge is 2.27. The van der Waals surface area contributed by atoms with E-state index in [0.29, 0.717) is 42.5 Å². The predicted molar refractivity (Wildman–Crippen MR) is 109 cm³/mol. The first-order chi connectivity index (χ1) is 13.0. The Labute approximate surface area is 168 Å². The van der Waals surface area contributed by atoms with Crippen LogP contribution in [-0.4, -0.2) is 34.8 Å². The highest BCUT2D eigenvalue weighted by atomic mass is 35.5. The van der Waals surface area contributed by atoms with Crippen molar-refractivity contribution < 1.29 is 9.59 Å². The van der Waals surface area contributed by atoms with E-state index >= 15 is 0 Å². The quantitative estimate of drug-likeness (QED) is 0.776. The number of nitrogens with one attached hydrogen (secondary N) is 1. The summed E-state index contributed by atoms with van der Waals surface area (Å²) in [6.45, 7) is 3.33. The predicted octanol–water partition coefficient (Wildman–Crippen LogP) is 4.36. The largest absolute Gasteiger partial charge is 0.343 e. The van der Waals surface area contributed by atoms with Crippen LogP contribution in [0.4, 0.5) is 5.13 Å². The van der Waals surface area contributed by atoms with Crippen molar-refractivity contribution in [1.29, 1.82) is 0 Å². The number of halogens is 1. The van der Waals surface area contributed by atoms with Gasteiger partial charge < -0.3 is 10.2 Å². The fourth-order valence-corrected chi connectivity index (χ4v) is 4.33. The zero-order valence-corrected chi connectivity index (χ0v) is 17.0. The van der Waals surface area contributed by atoms with E-state index in [1.165, 1.54) is 11.3 Å². The van der Waals surface area contributed by atoms with Gasteiger partial charge in [-0.3, -0.25) is 9.59 Å². The molecule has 0 unspecified atom stereocenters. The van der Waals surface area contributed by atoms with Crippen LogP contribution in [0.15, 0.2) is 30.5 Å². The van der Waals surface area contributed by atoms with Gasteiger partial charge in [-0.15, -0.1) is 11.3 Å². The van der Waals surface area contributed by atoms with E-state index in [1.807, 2.05) is 36.1 Å². The van der Waals surface area contributed by atoms with E-state index in [2.05, 4.69) is 10.3 Å². The third-order valence-electron chi connectivity index (χ3n) is 4.73. The van der Waals surface area contributed by atoms with Crippen LogP contribution in [0.25, 0.3) is 0 Å². The zero-order chi connectivity index (χ0) is 19.2. The number of hydrogen-bond acceptors (Lipinski definition) is 4. The lowest BCUT2D eigenvalue weighted by Crippen LogP contribution is -2.41. The van der Waals surface area contributed by atoms with Crippen LogP contribution >= 0.6 is 22.9 Å². The van der Waals surface area contributed by atoms with Crippen LogP contribution in [0.3, 0.4) is 0 Å². The number of benzene rings is 1. The molecule has 2 aromatic rings. The van der Waals surface area contributed by atoms with Crippen molar-refractivity contribution in [3.8, 4) is 0 Å². The van der Waals surface area contributed by atoms with Crippen LogP contribution in [0.5, 0.6) is 0 Å². The number of hydrogen-bond donors (Lipinski definition) is 1. The molecular weight excluding hydrogens is 382 g/mol. The Bertz CT molecular complexity index is 800. The van der Waals surface area contributed by atoms with E-state index in [0.717, 1.165) is 23.3 Å². The van der Waals surface area contributed by atoms with Gasteiger partial charge in [0, 0.05) is 47.9 Å². The second-order valence-corrected chi connectivity index (χ2v) is 8.38. The highest BCUT2D eigenvalue weighted by Crippen LogP contribution is 2.25. The third-order valence-corrected chi connectivity index (χ3v) is 5.88. The van der Waals surface area contributed by atoms with Crippen molar-refractivity contribution in [3.63, 3.8) is 0 Å². The Kier molecular flexibility index (Phi) is 6.85. The minimum Gasteiger partial charge on any atom is -0.343 e. The Hall–Kier alpha value is -1.92. The first-order valence-electron chi connectivity index (χ1n) is 9.33. The summed E-state index contributed by atoms with van der Waals surface area (Å²) in [6, 6.07) is 7.74. The molecule has 0 atom stereocenters. The van der Waals surface area contributed by atoms with Crippen LogP contribution < -0.4 is 5.32 Å². The number of carbonyl (C=O) groups excluding carboxylic acids is 2. The number of aromatic nitrogens is 1. The summed E-state index contributed by atoms with van der Waals surface area (Å²) in [4.78, 5) is 31.7. The summed E-state index contributed by atoms with van der Waals surface area (Å²) in [5, 5.41) is 4.28. The van der Waals surface area contributed by atoms with Crippen LogP contribution in [0.1, 0.15) is 43.0 Å². The minimum atomic E-state index is -0.0593. The van der Waals surface area contributed by atoms with Gasteiger partial charge in [0.05, 0.1) is 0 Å². The maximum Gasteiger partial charge on any atom is 0.229 e. The fraction of sp³-hybridized carbons (Fsp3) is 0.450. The number of piperidine rings is 1. The molecule has 0 saturated carbocycles. The van der Waals surface area contributed by atoms with E-state index in [1.54, 1.807) is 6.20 Å². The molecule has 1 N–H and O–H groups in total. The SMILES string of the molecule is CCCC(=O)N1CCC(C(=O)Nc2ncc(Cc3cccc(Cl)c3)s2)CC1. The molecule has 1 aliphatic heterocycles. The topological polar surface area (TPSA) is 62.3 Å². The molecule has 0 bridgehead atoms. The molecule has 5 nitrogen and oxygen atoms in total. The van der Waals surface area contributed by atoms with Crippen LogP contribution in [0, 0.1) is 5.92 Å². The Morgan fingerprint density at radius 2 is 2.11 bits per heavy atom. The number of anilines is 1. The van der Waals surface area contributed by atoms with Crippen molar-refractivity contribution in [2.24, 2.45) is 5.92 Å². The molecule has 1 fully saturated rings. The zero-order valence-electron chi connectivity index (χ0n) is 15.4. The average Bonchev–Trinajstić information content (AvgIpc) is 3.09. The monoisotopic (exact) mass is 405 g/mol. The first-order valence-corrected chi connectivity index (χ1v) is 10.5. The lowest BCUT2D eigenvalue weighted by Gasteiger charge is -2.31. The van der Waals surface area contributed by atoms with Gasteiger partial charge in [0.2, 0.25) is 11.8 Å². The van der Waals surface area contributed by atoms with E-state index < -0.39 is 0 Å². The first kappa shape index (κ1) is 19.8. The molecule has 144 valence electrons. The Morgan fingerprint density at radius 1 is 1.33 bits per heavy atom. The molecule has 3 rings (SSSR count). The number of carbonyl (C=O) groups is 2. The average molecular weight is 406 g/mol. The molecule has 1 aromatic heterocycles. The van der Waals surface area contributed by atoms with E-state index in [4.69, 9.17) is 11.6 Å². The fourth-order valence-electron chi connectivity index (χ4n) is 3.27. The number of amides is 2. The molecule has 2 heterocycles. The normalized spacial score (nSPS) is 15.0. The lowest BCUT2D eigenvalue weighted by molar-refractivity contribution is -0.134. The molecular formula is C20H24ClN3O2S. The van der Waals surface area contributed by atoms with Gasteiger partial charge in [-0.05, 0) is 37.0 Å². The highest BCUT2D eigenvalue weighted by molar-refractivity contribution is 7.15. The number of nitrogens with zero attached hydrogens (tertiary/aromatic N) is 2. The Balaban J connectivity index is 1.50. The van der Waals surface area contributed by atoms with E-state index in [9.17, 15) is 9.59 Å². The molecule has 27 heavy (non-hydrogen) atoms. The summed E-state index contributed by atoms with van der Waals surface area (Å²) in [6.07, 6.45) is 5.41. The molecule has 1 aliphatic rings. The summed E-state index contributed by atoms with van der Waals surface area (Å²) in [5.74, 6) is 0.138. The maximum absolute atomic E-state index is 12.5. The maximum atomic E-state index is 12.5. The molecule has 0 spiro atoms. The van der Waals surface area contributed by atoms with Crippen molar-refractivity contribution >= 4 is 39.9 Å². The second kappa shape index (κ2) is 9.33. The van der Waals surface area contributed by atoms with Gasteiger partial charge in [-0.2, -0.15) is 0 Å². The number of rotatable bonds is 6. The molecule has 2 amide bonds. The Morgan fingerprint density at radius 3 is 2.81 bits per heavy atom. The summed E-state index contributed by atoms with van der Waals surface area (Å²) >= 11 is 7.51. The van der Waals surface area contributed by atoms with Gasteiger partial charge in [0.1, 0.15) is 0 Å². The number of likely N-dealkylation sites (tertiary alicyclic amines) is 1. The second-order valence-electron chi connectivity index (χ2n) is 6.83. The van der Waals surface area contributed by atoms with Gasteiger partial charge >= 0.3 is 0 Å².